The number of unbranched alkanes of at least 4 members (excludes halogenated alkanes) is 1. The first-order valence-corrected chi connectivity index (χ1v) is 20.6. The Labute approximate surface area is 365 Å². The minimum absolute atomic E-state index is 0.0246. The fourth-order valence-corrected chi connectivity index (χ4v) is 5.76. The number of nitrogens with zero attached hydrogens (tertiary/aromatic N) is 1. The number of guanidine groups is 1. The second kappa shape index (κ2) is 31.8. The van der Waals surface area contributed by atoms with Crippen molar-refractivity contribution in [3.8, 4) is 0 Å². The van der Waals surface area contributed by atoms with Crippen LogP contribution in [0.4, 0.5) is 0 Å². The maximum Gasteiger partial charge on any atom is 0.305 e. The van der Waals surface area contributed by atoms with Crippen LogP contribution < -0.4 is 54.4 Å². The van der Waals surface area contributed by atoms with Gasteiger partial charge in [0.1, 0.15) is 37.4 Å². The van der Waals surface area contributed by atoms with Crippen LogP contribution in [0.3, 0.4) is 0 Å². The van der Waals surface area contributed by atoms with Crippen molar-refractivity contribution in [2.75, 3.05) is 85.6 Å². The number of carboxylic acid groups (broad SMARTS) is 1. The Balaban J connectivity index is 2.01. The molecule has 1 aromatic rings. The Bertz CT molecular complexity index is 1630. The SMILES string of the molecule is NCCOCCOCC(=O)NCCOCCOCC(=O)NCCCCC1NC(=O)[C@H](Cc2ccccc2)NC(=O)[C@@H](CC(=O)O)NC(=O)CNC(=O)[C@H](CCCN=C(N)N)NC1=O. The van der Waals surface area contributed by atoms with Gasteiger partial charge in [-0.15, -0.1) is 0 Å². The molecule has 1 heterocycles. The van der Waals surface area contributed by atoms with Crippen LogP contribution in [0.25, 0.3) is 0 Å². The third kappa shape index (κ3) is 24.9. The van der Waals surface area contributed by atoms with Gasteiger partial charge in [0, 0.05) is 32.6 Å². The van der Waals surface area contributed by atoms with Crippen LogP contribution in [-0.2, 0) is 63.7 Å². The van der Waals surface area contributed by atoms with E-state index in [0.717, 1.165) is 0 Å². The molecule has 24 nitrogen and oxygen atoms in total. The second-order valence-corrected chi connectivity index (χ2v) is 14.1. The highest BCUT2D eigenvalue weighted by molar-refractivity contribution is 5.98. The highest BCUT2D eigenvalue weighted by Crippen LogP contribution is 2.09. The van der Waals surface area contributed by atoms with E-state index in [9.17, 15) is 43.5 Å². The van der Waals surface area contributed by atoms with Gasteiger partial charge >= 0.3 is 5.97 Å². The highest BCUT2D eigenvalue weighted by Gasteiger charge is 2.33. The number of carbonyl (C=O) groups excluding carboxylic acids is 7. The van der Waals surface area contributed by atoms with Crippen molar-refractivity contribution in [1.29, 1.82) is 0 Å². The molecule has 1 saturated heterocycles. The van der Waals surface area contributed by atoms with E-state index in [1.54, 1.807) is 30.3 Å². The van der Waals surface area contributed by atoms with Gasteiger partial charge < -0.3 is 78.5 Å². The summed E-state index contributed by atoms with van der Waals surface area (Å²) < 4.78 is 21.1. The molecule has 63 heavy (non-hydrogen) atoms. The molecule has 1 aromatic carbocycles. The van der Waals surface area contributed by atoms with Crippen LogP contribution in [0.2, 0.25) is 0 Å². The molecule has 352 valence electrons. The zero-order chi connectivity index (χ0) is 46.2. The summed E-state index contributed by atoms with van der Waals surface area (Å²) in [6.45, 7) is 1.52. The summed E-state index contributed by atoms with van der Waals surface area (Å²) in [5.74, 6) is -6.46. The summed E-state index contributed by atoms with van der Waals surface area (Å²) in [7, 11) is 0. The second-order valence-electron chi connectivity index (χ2n) is 14.1. The molecule has 0 saturated carbocycles. The zero-order valence-corrected chi connectivity index (χ0v) is 35.4. The first-order valence-electron chi connectivity index (χ1n) is 20.6. The molecule has 0 spiro atoms. The van der Waals surface area contributed by atoms with Gasteiger partial charge in [0.25, 0.3) is 0 Å². The standard InChI is InChI=1S/C39H63N11O13/c40-11-15-60-17-19-62-25-33(53)44-14-16-61-18-20-63-24-32(52)43-12-5-4-9-28-36(57)48-27(10-6-13-45-39(41)42)35(56)46-23-31(51)47-30(22-34(54)55)38(59)50-29(37(58)49-28)21-26-7-2-1-3-8-26/h1-3,7-8,27-30H,4-6,9-25,40H2,(H,43,52)(H,44,53)(H,46,56)(H,47,51)(H,48,57)(H,49,58)(H,50,59)(H,54,55)(H4,41,42,45)/t27-,28?,29-,30+/m0/s1. The Morgan fingerprint density at radius 3 is 1.86 bits per heavy atom. The van der Waals surface area contributed by atoms with E-state index in [0.29, 0.717) is 38.2 Å². The first kappa shape index (κ1) is 53.2. The number of rotatable bonds is 28. The molecule has 1 aliphatic rings. The number of amides is 7. The van der Waals surface area contributed by atoms with Crippen LogP contribution in [0.15, 0.2) is 35.3 Å². The largest absolute Gasteiger partial charge is 0.481 e. The summed E-state index contributed by atoms with van der Waals surface area (Å²) in [5.41, 5.74) is 16.8. The number of benzene rings is 1. The maximum atomic E-state index is 13.9. The maximum absolute atomic E-state index is 13.9. The average Bonchev–Trinajstić information content (AvgIpc) is 3.24. The fourth-order valence-electron chi connectivity index (χ4n) is 5.76. The Morgan fingerprint density at radius 2 is 1.22 bits per heavy atom. The van der Waals surface area contributed by atoms with Gasteiger partial charge in [-0.3, -0.25) is 43.3 Å². The quantitative estimate of drug-likeness (QED) is 0.0214. The molecule has 1 fully saturated rings. The third-order valence-electron chi connectivity index (χ3n) is 8.86. The van der Waals surface area contributed by atoms with Gasteiger partial charge in [0.2, 0.25) is 41.4 Å². The monoisotopic (exact) mass is 893 g/mol. The van der Waals surface area contributed by atoms with Gasteiger partial charge in [0.15, 0.2) is 5.96 Å². The number of carboxylic acids is 1. The summed E-state index contributed by atoms with van der Waals surface area (Å²) in [6.07, 6.45) is 0.0749. The fraction of sp³-hybridized carbons (Fsp3) is 0.615. The minimum atomic E-state index is -1.61. The van der Waals surface area contributed by atoms with Crippen molar-refractivity contribution in [3.63, 3.8) is 0 Å². The number of hydrogen-bond donors (Lipinski definition) is 11. The normalized spacial score (nSPS) is 18.6. The molecule has 14 N–H and O–H groups in total. The van der Waals surface area contributed by atoms with E-state index < -0.39 is 78.5 Å². The lowest BCUT2D eigenvalue weighted by atomic mass is 10.0. The summed E-state index contributed by atoms with van der Waals surface area (Å²) in [6, 6.07) is 3.22. The molecule has 0 aliphatic carbocycles. The van der Waals surface area contributed by atoms with Gasteiger partial charge in [-0.05, 0) is 37.7 Å². The van der Waals surface area contributed by atoms with Crippen molar-refractivity contribution in [3.05, 3.63) is 35.9 Å². The van der Waals surface area contributed by atoms with Crippen LogP contribution in [0.5, 0.6) is 0 Å². The van der Waals surface area contributed by atoms with Crippen LogP contribution in [-0.4, -0.2) is 168 Å². The predicted molar refractivity (Wildman–Crippen MR) is 225 cm³/mol. The Hall–Kier alpha value is -5.95. The highest BCUT2D eigenvalue weighted by atomic mass is 16.5. The Morgan fingerprint density at radius 1 is 0.667 bits per heavy atom. The molecule has 1 unspecified atom stereocenters. The van der Waals surface area contributed by atoms with E-state index in [2.05, 4.69) is 42.2 Å². The molecular weight excluding hydrogens is 830 g/mol. The van der Waals surface area contributed by atoms with Gasteiger partial charge in [-0.2, -0.15) is 0 Å². The smallest absolute Gasteiger partial charge is 0.305 e. The van der Waals surface area contributed by atoms with E-state index >= 15 is 0 Å². The molecule has 24 heteroatoms. The number of aliphatic carboxylic acids is 1. The zero-order valence-electron chi connectivity index (χ0n) is 35.4. The van der Waals surface area contributed by atoms with Crippen LogP contribution in [0.1, 0.15) is 44.1 Å². The van der Waals surface area contributed by atoms with Crippen molar-refractivity contribution in [2.24, 2.45) is 22.2 Å². The van der Waals surface area contributed by atoms with Gasteiger partial charge in [-0.1, -0.05) is 30.3 Å². The third-order valence-corrected chi connectivity index (χ3v) is 8.86. The molecule has 0 bridgehead atoms. The molecule has 1 aliphatic heterocycles. The van der Waals surface area contributed by atoms with E-state index in [1.807, 2.05) is 0 Å². The summed E-state index contributed by atoms with van der Waals surface area (Å²) in [5, 5.41) is 27.4. The van der Waals surface area contributed by atoms with Crippen molar-refractivity contribution in [1.82, 2.24) is 37.2 Å². The topological polar surface area (TPSA) is 368 Å². The number of aliphatic imine (C=N–C) groups is 1. The Kier molecular flexibility index (Phi) is 26.9. The van der Waals surface area contributed by atoms with E-state index in [1.165, 1.54) is 0 Å². The number of hydrogen-bond acceptors (Lipinski definition) is 14. The number of nitrogens with one attached hydrogen (secondary N) is 7. The number of carbonyl (C=O) groups is 8. The van der Waals surface area contributed by atoms with Gasteiger partial charge in [-0.25, -0.2) is 0 Å². The van der Waals surface area contributed by atoms with Crippen LogP contribution in [0, 0.1) is 0 Å². The summed E-state index contributed by atoms with van der Waals surface area (Å²) in [4.78, 5) is 107. The molecular formula is C39H63N11O13. The van der Waals surface area contributed by atoms with Gasteiger partial charge in [0.05, 0.1) is 52.6 Å². The predicted octanol–water partition coefficient (Wildman–Crippen LogP) is -4.75. The molecule has 4 atom stereocenters. The van der Waals surface area contributed by atoms with E-state index in [4.69, 9.17) is 36.1 Å². The number of nitrogens with two attached hydrogens (primary N) is 3. The lowest BCUT2D eigenvalue weighted by Crippen LogP contribution is -2.58. The van der Waals surface area contributed by atoms with Crippen molar-refractivity contribution >= 4 is 53.3 Å². The minimum Gasteiger partial charge on any atom is -0.481 e. The summed E-state index contributed by atoms with van der Waals surface area (Å²) >= 11 is 0. The lowest BCUT2D eigenvalue weighted by molar-refractivity contribution is -0.141. The van der Waals surface area contributed by atoms with Crippen LogP contribution >= 0.6 is 0 Å². The first-order chi connectivity index (χ1) is 30.3. The number of ether oxygens (including phenoxy) is 4. The molecule has 2 rings (SSSR count). The lowest BCUT2D eigenvalue weighted by Gasteiger charge is -2.26. The van der Waals surface area contributed by atoms with Crippen molar-refractivity contribution < 1.29 is 62.4 Å². The van der Waals surface area contributed by atoms with E-state index in [-0.39, 0.29) is 96.8 Å². The molecule has 0 aromatic heterocycles. The molecule has 0 radical (unpaired) electrons. The van der Waals surface area contributed by atoms with Crippen molar-refractivity contribution in [2.45, 2.75) is 69.1 Å². The molecule has 7 amide bonds. The average molecular weight is 894 g/mol.